The molecular weight excluding hydrogens is 355 g/mol. The molecule has 1 aliphatic rings. The van der Waals surface area contributed by atoms with Crippen LogP contribution in [0, 0.1) is 17.1 Å². The summed E-state index contributed by atoms with van der Waals surface area (Å²) in [4.78, 5) is 11.4. The highest BCUT2D eigenvalue weighted by Crippen LogP contribution is 2.34. The summed E-state index contributed by atoms with van der Waals surface area (Å²) in [6.45, 7) is 2.50. The van der Waals surface area contributed by atoms with Crippen LogP contribution in [0.3, 0.4) is 0 Å². The van der Waals surface area contributed by atoms with Crippen LogP contribution in [0.25, 0.3) is 28.2 Å². The lowest BCUT2D eigenvalue weighted by Gasteiger charge is -2.24. The molecule has 0 saturated carbocycles. The maximum absolute atomic E-state index is 13.5. The summed E-state index contributed by atoms with van der Waals surface area (Å²) in [6.07, 6.45) is 3.50. The highest BCUT2D eigenvalue weighted by molar-refractivity contribution is 5.79. The van der Waals surface area contributed by atoms with Crippen molar-refractivity contribution in [1.82, 2.24) is 23.8 Å². The quantitative estimate of drug-likeness (QED) is 0.542. The first-order valence-corrected chi connectivity index (χ1v) is 9.05. The molecule has 1 aromatic carbocycles. The number of likely N-dealkylation sites (N-methyl/N-ethyl adjacent to an activating group) is 1. The lowest BCUT2D eigenvalue weighted by Crippen LogP contribution is -2.30. The fourth-order valence-electron chi connectivity index (χ4n) is 3.76. The van der Waals surface area contributed by atoms with Crippen molar-refractivity contribution in [2.45, 2.75) is 13.1 Å². The fraction of sp³-hybridized carbons (Fsp3) is 0.190. The molecule has 0 bridgehead atoms. The van der Waals surface area contributed by atoms with E-state index in [-0.39, 0.29) is 5.82 Å². The zero-order chi connectivity index (χ0) is 19.3. The third-order valence-electron chi connectivity index (χ3n) is 5.17. The zero-order valence-electron chi connectivity index (χ0n) is 15.3. The second kappa shape index (κ2) is 6.29. The topological polar surface area (TPSA) is 62.2 Å². The molecule has 0 unspecified atom stereocenters. The Hall–Kier alpha value is -3.50. The molecular formula is C21H17FN6. The van der Waals surface area contributed by atoms with Gasteiger partial charge < -0.3 is 4.57 Å². The Morgan fingerprint density at radius 1 is 1.07 bits per heavy atom. The molecule has 0 amide bonds. The van der Waals surface area contributed by atoms with E-state index in [1.807, 2.05) is 18.3 Å². The Balaban J connectivity index is 1.76. The summed E-state index contributed by atoms with van der Waals surface area (Å²) < 4.78 is 17.5. The molecule has 138 valence electrons. The number of pyridine rings is 1. The van der Waals surface area contributed by atoms with Crippen molar-refractivity contribution < 1.29 is 4.39 Å². The average Bonchev–Trinajstić information content (AvgIpc) is 3.28. The van der Waals surface area contributed by atoms with E-state index in [1.54, 1.807) is 22.7 Å². The second-order valence-electron chi connectivity index (χ2n) is 7.02. The Morgan fingerprint density at radius 2 is 1.86 bits per heavy atom. The number of nitriles is 1. The van der Waals surface area contributed by atoms with E-state index in [4.69, 9.17) is 4.98 Å². The predicted octanol–water partition coefficient (Wildman–Crippen LogP) is 3.32. The van der Waals surface area contributed by atoms with Gasteiger partial charge in [-0.15, -0.1) is 0 Å². The maximum atomic E-state index is 13.5. The van der Waals surface area contributed by atoms with Crippen LogP contribution in [-0.4, -0.2) is 37.4 Å². The van der Waals surface area contributed by atoms with E-state index >= 15 is 0 Å². The number of nitrogens with zero attached hydrogens (tertiary/aromatic N) is 6. The third kappa shape index (κ3) is 2.58. The predicted molar refractivity (Wildman–Crippen MR) is 103 cm³/mol. The summed E-state index contributed by atoms with van der Waals surface area (Å²) in [5.74, 6) is 0.710. The summed E-state index contributed by atoms with van der Waals surface area (Å²) in [6, 6.07) is 12.5. The van der Waals surface area contributed by atoms with Crippen LogP contribution in [0.4, 0.5) is 4.39 Å². The molecule has 1 aliphatic heterocycles. The average molecular weight is 372 g/mol. The Morgan fingerprint density at radius 3 is 2.64 bits per heavy atom. The number of hydrogen-bond donors (Lipinski definition) is 0. The van der Waals surface area contributed by atoms with Crippen molar-refractivity contribution in [1.29, 1.82) is 5.26 Å². The lowest BCUT2D eigenvalue weighted by atomic mass is 10.1. The summed E-state index contributed by atoms with van der Waals surface area (Å²) in [7, 11) is 2.08. The van der Waals surface area contributed by atoms with Crippen molar-refractivity contribution in [3.63, 3.8) is 0 Å². The maximum Gasteiger partial charge on any atom is 0.144 e. The van der Waals surface area contributed by atoms with Gasteiger partial charge in [-0.3, -0.25) is 9.30 Å². The van der Waals surface area contributed by atoms with Crippen LogP contribution in [0.1, 0.15) is 11.5 Å². The number of halogens is 1. The highest BCUT2D eigenvalue weighted by atomic mass is 19.1. The van der Waals surface area contributed by atoms with Gasteiger partial charge >= 0.3 is 0 Å². The lowest BCUT2D eigenvalue weighted by molar-refractivity contribution is 0.265. The molecule has 0 spiro atoms. The van der Waals surface area contributed by atoms with E-state index < -0.39 is 0 Å². The fourth-order valence-corrected chi connectivity index (χ4v) is 3.76. The van der Waals surface area contributed by atoms with Gasteiger partial charge in [0.2, 0.25) is 0 Å². The van der Waals surface area contributed by atoms with Crippen LogP contribution < -0.4 is 0 Å². The van der Waals surface area contributed by atoms with Crippen LogP contribution in [0.5, 0.6) is 0 Å². The molecule has 4 aromatic rings. The third-order valence-corrected chi connectivity index (χ3v) is 5.17. The van der Waals surface area contributed by atoms with Crippen LogP contribution in [0.15, 0.2) is 48.8 Å². The smallest absolute Gasteiger partial charge is 0.144 e. The second-order valence-corrected chi connectivity index (χ2v) is 7.02. The van der Waals surface area contributed by atoms with Gasteiger partial charge in [0.05, 0.1) is 24.1 Å². The highest BCUT2D eigenvalue weighted by Gasteiger charge is 2.24. The van der Waals surface area contributed by atoms with Crippen LogP contribution in [0.2, 0.25) is 0 Å². The molecule has 6 nitrogen and oxygen atoms in total. The van der Waals surface area contributed by atoms with Gasteiger partial charge in [-0.2, -0.15) is 5.26 Å². The van der Waals surface area contributed by atoms with Gasteiger partial charge in [0.1, 0.15) is 29.1 Å². The monoisotopic (exact) mass is 372 g/mol. The van der Waals surface area contributed by atoms with Crippen molar-refractivity contribution in [2.24, 2.45) is 0 Å². The summed E-state index contributed by atoms with van der Waals surface area (Å²) >= 11 is 0. The number of fused-ring (bicyclic) bond motifs is 2. The molecule has 0 fully saturated rings. The number of rotatable bonds is 2. The first-order valence-electron chi connectivity index (χ1n) is 9.05. The van der Waals surface area contributed by atoms with Crippen LogP contribution in [-0.2, 0) is 13.1 Å². The first-order chi connectivity index (χ1) is 13.6. The van der Waals surface area contributed by atoms with Gasteiger partial charge in [-0.25, -0.2) is 14.4 Å². The van der Waals surface area contributed by atoms with Gasteiger partial charge in [-0.1, -0.05) is 0 Å². The van der Waals surface area contributed by atoms with E-state index in [2.05, 4.69) is 27.6 Å². The molecule has 4 heterocycles. The molecule has 5 rings (SSSR count). The largest absolute Gasteiger partial charge is 0.325 e. The number of imidazole rings is 2. The number of aromatic nitrogens is 4. The normalized spacial score (nSPS) is 14.2. The van der Waals surface area contributed by atoms with E-state index in [1.165, 1.54) is 12.1 Å². The Bertz CT molecular complexity index is 1230. The summed E-state index contributed by atoms with van der Waals surface area (Å²) in [5, 5.41) is 9.36. The number of benzene rings is 1. The minimum Gasteiger partial charge on any atom is -0.325 e. The Kier molecular flexibility index (Phi) is 3.74. The molecule has 0 radical (unpaired) electrons. The molecule has 3 aromatic heterocycles. The number of hydrogen-bond acceptors (Lipinski definition) is 4. The summed E-state index contributed by atoms with van der Waals surface area (Å²) in [5.41, 5.74) is 4.83. The van der Waals surface area contributed by atoms with Gasteiger partial charge in [0.25, 0.3) is 0 Å². The van der Waals surface area contributed by atoms with E-state index in [0.717, 1.165) is 53.6 Å². The van der Waals surface area contributed by atoms with Crippen molar-refractivity contribution in [3.05, 3.63) is 66.1 Å². The van der Waals surface area contributed by atoms with Gasteiger partial charge in [-0.05, 0) is 43.4 Å². The zero-order valence-corrected chi connectivity index (χ0v) is 15.3. The molecule has 0 atom stereocenters. The van der Waals surface area contributed by atoms with E-state index in [0.29, 0.717) is 5.69 Å². The first kappa shape index (κ1) is 16.7. The van der Waals surface area contributed by atoms with Crippen molar-refractivity contribution >= 4 is 5.65 Å². The minimum absolute atomic E-state index is 0.271. The van der Waals surface area contributed by atoms with Crippen molar-refractivity contribution in [2.75, 3.05) is 13.6 Å². The molecule has 0 saturated heterocycles. The minimum atomic E-state index is -0.271. The molecule has 28 heavy (non-hydrogen) atoms. The van der Waals surface area contributed by atoms with Crippen LogP contribution >= 0.6 is 0 Å². The molecule has 0 N–H and O–H groups in total. The Labute approximate surface area is 161 Å². The molecule has 7 heteroatoms. The molecule has 0 aliphatic carbocycles. The van der Waals surface area contributed by atoms with E-state index in [9.17, 15) is 9.65 Å². The standard InChI is InChI=1S/C21H17FN6/c1-26-8-9-27-19(13-26)25-20(14-2-5-16(22)6-3-14)21(27)15-4-7-18-24-11-17(10-23)28(18)12-15/h2-7,11-12H,8-9,13H2,1H3. The van der Waals surface area contributed by atoms with Gasteiger partial charge in [0, 0.05) is 30.4 Å². The SMILES string of the molecule is CN1CCn2c(nc(-c3ccc(F)cc3)c2-c2ccc3ncc(C#N)n3c2)C1. The van der Waals surface area contributed by atoms with Crippen molar-refractivity contribution in [3.8, 4) is 28.6 Å². The van der Waals surface area contributed by atoms with Gasteiger partial charge in [0.15, 0.2) is 0 Å².